The Bertz CT molecular complexity index is 314. The molecule has 0 aliphatic carbocycles. The maximum absolute atomic E-state index is 8.86. The van der Waals surface area contributed by atoms with Gasteiger partial charge in [0.05, 0.1) is 10.7 Å². The molecule has 2 nitrogen and oxygen atoms in total. The van der Waals surface area contributed by atoms with Gasteiger partial charge in [0.25, 0.3) is 0 Å². The number of anilines is 1. The number of para-hydroxylation sites is 1. The van der Waals surface area contributed by atoms with E-state index in [1.165, 1.54) is 5.56 Å². The minimum Gasteiger partial charge on any atom is -0.396 e. The Hall–Kier alpha value is -0.730. The molecule has 1 aromatic rings. The van der Waals surface area contributed by atoms with Gasteiger partial charge in [-0.2, -0.15) is 0 Å². The number of halogens is 1. The number of aliphatic hydroxyl groups is 1. The van der Waals surface area contributed by atoms with E-state index in [9.17, 15) is 0 Å². The third-order valence-corrected chi connectivity index (χ3v) is 2.80. The average molecular weight is 198 g/mol. The number of hydrogen-bond acceptors (Lipinski definition) is 2. The lowest BCUT2D eigenvalue weighted by Crippen LogP contribution is -2.03. The molecule has 1 unspecified atom stereocenters. The largest absolute Gasteiger partial charge is 0.396 e. The number of fused-ring (bicyclic) bond motifs is 1. The van der Waals surface area contributed by atoms with Crippen LogP contribution in [0.1, 0.15) is 17.9 Å². The van der Waals surface area contributed by atoms with E-state index in [2.05, 4.69) is 11.4 Å². The van der Waals surface area contributed by atoms with E-state index < -0.39 is 0 Å². The van der Waals surface area contributed by atoms with Crippen molar-refractivity contribution in [1.29, 1.82) is 0 Å². The smallest absolute Gasteiger partial charge is 0.0640 e. The Morgan fingerprint density at radius 3 is 3.15 bits per heavy atom. The van der Waals surface area contributed by atoms with Crippen LogP contribution >= 0.6 is 11.6 Å². The molecule has 1 aromatic carbocycles. The summed E-state index contributed by atoms with van der Waals surface area (Å²) >= 11 is 6.01. The number of nitrogens with one attached hydrogen (secondary N) is 1. The van der Waals surface area contributed by atoms with Crippen LogP contribution in [0.3, 0.4) is 0 Å². The monoisotopic (exact) mass is 197 g/mol. The van der Waals surface area contributed by atoms with Crippen molar-refractivity contribution < 1.29 is 5.11 Å². The maximum atomic E-state index is 8.86. The van der Waals surface area contributed by atoms with Crippen molar-refractivity contribution in [2.75, 3.05) is 18.5 Å². The van der Waals surface area contributed by atoms with Crippen LogP contribution < -0.4 is 5.32 Å². The zero-order chi connectivity index (χ0) is 9.26. The quantitative estimate of drug-likeness (QED) is 0.762. The van der Waals surface area contributed by atoms with Crippen molar-refractivity contribution in [3.8, 4) is 0 Å². The molecule has 13 heavy (non-hydrogen) atoms. The third-order valence-electron chi connectivity index (χ3n) is 2.49. The zero-order valence-electron chi connectivity index (χ0n) is 7.26. The topological polar surface area (TPSA) is 32.3 Å². The van der Waals surface area contributed by atoms with Crippen LogP contribution in [0.2, 0.25) is 5.02 Å². The van der Waals surface area contributed by atoms with E-state index in [1.54, 1.807) is 0 Å². The van der Waals surface area contributed by atoms with Gasteiger partial charge in [-0.15, -0.1) is 0 Å². The van der Waals surface area contributed by atoms with Crippen LogP contribution in [0, 0.1) is 0 Å². The van der Waals surface area contributed by atoms with E-state index in [4.69, 9.17) is 16.7 Å². The predicted octanol–water partition coefficient (Wildman–Crippen LogP) is 2.23. The van der Waals surface area contributed by atoms with E-state index >= 15 is 0 Å². The van der Waals surface area contributed by atoms with E-state index in [1.807, 2.05) is 12.1 Å². The summed E-state index contributed by atoms with van der Waals surface area (Å²) in [6, 6.07) is 5.91. The molecule has 70 valence electrons. The SMILES string of the molecule is OCCC1CNc2c(Cl)cccc21. The Morgan fingerprint density at radius 2 is 2.38 bits per heavy atom. The zero-order valence-corrected chi connectivity index (χ0v) is 8.01. The van der Waals surface area contributed by atoms with Gasteiger partial charge in [-0.3, -0.25) is 0 Å². The van der Waals surface area contributed by atoms with Crippen LogP contribution in [-0.2, 0) is 0 Å². The summed E-state index contributed by atoms with van der Waals surface area (Å²) in [5, 5.41) is 12.9. The Balaban J connectivity index is 2.32. The van der Waals surface area contributed by atoms with Gasteiger partial charge in [0.2, 0.25) is 0 Å². The fourth-order valence-corrected chi connectivity index (χ4v) is 2.06. The van der Waals surface area contributed by atoms with Crippen LogP contribution in [0.4, 0.5) is 5.69 Å². The molecule has 1 aliphatic rings. The van der Waals surface area contributed by atoms with Gasteiger partial charge in [0.15, 0.2) is 0 Å². The van der Waals surface area contributed by atoms with Crippen LogP contribution in [0.15, 0.2) is 18.2 Å². The minimum atomic E-state index is 0.234. The molecule has 0 bridgehead atoms. The van der Waals surface area contributed by atoms with Gasteiger partial charge in [-0.05, 0) is 18.1 Å². The summed E-state index contributed by atoms with van der Waals surface area (Å²) in [6.45, 7) is 1.12. The summed E-state index contributed by atoms with van der Waals surface area (Å²) in [7, 11) is 0. The van der Waals surface area contributed by atoms with Crippen LogP contribution in [0.25, 0.3) is 0 Å². The van der Waals surface area contributed by atoms with Crippen molar-refractivity contribution in [3.05, 3.63) is 28.8 Å². The summed E-state index contributed by atoms with van der Waals surface area (Å²) in [4.78, 5) is 0. The lowest BCUT2D eigenvalue weighted by Gasteiger charge is -2.07. The minimum absolute atomic E-state index is 0.234. The second-order valence-corrected chi connectivity index (χ2v) is 3.70. The number of hydrogen-bond donors (Lipinski definition) is 2. The molecule has 0 saturated carbocycles. The summed E-state index contributed by atoms with van der Waals surface area (Å²) < 4.78 is 0. The Kier molecular flexibility index (Phi) is 2.42. The van der Waals surface area contributed by atoms with Gasteiger partial charge < -0.3 is 10.4 Å². The molecule has 2 rings (SSSR count). The third kappa shape index (κ3) is 1.52. The van der Waals surface area contributed by atoms with Gasteiger partial charge in [0.1, 0.15) is 0 Å². The first-order chi connectivity index (χ1) is 6.33. The molecule has 3 heteroatoms. The van der Waals surface area contributed by atoms with Gasteiger partial charge in [-0.25, -0.2) is 0 Å². The molecular weight excluding hydrogens is 186 g/mol. The molecule has 1 atom stereocenters. The normalized spacial score (nSPS) is 19.7. The van der Waals surface area contributed by atoms with Crippen molar-refractivity contribution in [3.63, 3.8) is 0 Å². The standard InChI is InChI=1S/C10H12ClNO/c11-9-3-1-2-8-7(4-5-13)6-12-10(8)9/h1-3,7,12-13H,4-6H2. The summed E-state index contributed by atoms with van der Waals surface area (Å²) in [5.41, 5.74) is 2.28. The van der Waals surface area contributed by atoms with Crippen LogP contribution in [0.5, 0.6) is 0 Å². The van der Waals surface area contributed by atoms with Crippen LogP contribution in [-0.4, -0.2) is 18.3 Å². The first-order valence-electron chi connectivity index (χ1n) is 4.46. The van der Waals surface area contributed by atoms with Gasteiger partial charge in [0, 0.05) is 19.1 Å². The Morgan fingerprint density at radius 1 is 1.54 bits per heavy atom. The lowest BCUT2D eigenvalue weighted by atomic mass is 9.98. The van der Waals surface area contributed by atoms with Crippen molar-refractivity contribution in [2.45, 2.75) is 12.3 Å². The van der Waals surface area contributed by atoms with E-state index in [-0.39, 0.29) is 6.61 Å². The van der Waals surface area contributed by atoms with Crippen molar-refractivity contribution in [2.24, 2.45) is 0 Å². The van der Waals surface area contributed by atoms with Gasteiger partial charge in [-0.1, -0.05) is 23.7 Å². The fraction of sp³-hybridized carbons (Fsp3) is 0.400. The van der Waals surface area contributed by atoms with Gasteiger partial charge >= 0.3 is 0 Å². The molecule has 0 aromatic heterocycles. The molecule has 2 N–H and O–H groups in total. The number of aliphatic hydroxyl groups excluding tert-OH is 1. The Labute approximate surface area is 82.5 Å². The molecule has 0 spiro atoms. The lowest BCUT2D eigenvalue weighted by molar-refractivity contribution is 0.278. The summed E-state index contributed by atoms with van der Waals surface area (Å²) in [6.07, 6.45) is 0.806. The molecule has 0 amide bonds. The first kappa shape index (κ1) is 8.85. The highest BCUT2D eigenvalue weighted by molar-refractivity contribution is 6.33. The fourth-order valence-electron chi connectivity index (χ4n) is 1.82. The number of benzene rings is 1. The molecular formula is C10H12ClNO. The predicted molar refractivity (Wildman–Crippen MR) is 54.4 cm³/mol. The van der Waals surface area contributed by atoms with Crippen molar-refractivity contribution in [1.82, 2.24) is 0 Å². The summed E-state index contributed by atoms with van der Waals surface area (Å²) in [5.74, 6) is 0.415. The molecule has 0 saturated heterocycles. The van der Waals surface area contributed by atoms with E-state index in [0.717, 1.165) is 23.7 Å². The molecule has 1 heterocycles. The molecule has 0 fully saturated rings. The highest BCUT2D eigenvalue weighted by Crippen LogP contribution is 2.37. The second-order valence-electron chi connectivity index (χ2n) is 3.29. The first-order valence-corrected chi connectivity index (χ1v) is 4.84. The van der Waals surface area contributed by atoms with E-state index in [0.29, 0.717) is 5.92 Å². The highest BCUT2D eigenvalue weighted by atomic mass is 35.5. The highest BCUT2D eigenvalue weighted by Gasteiger charge is 2.22. The van der Waals surface area contributed by atoms with Crippen molar-refractivity contribution >= 4 is 17.3 Å². The average Bonchev–Trinajstić information content (AvgIpc) is 2.51. The molecule has 0 radical (unpaired) electrons. The maximum Gasteiger partial charge on any atom is 0.0640 e. The number of rotatable bonds is 2. The second kappa shape index (κ2) is 3.56. The molecule has 1 aliphatic heterocycles.